The van der Waals surface area contributed by atoms with Gasteiger partial charge in [0.2, 0.25) is 0 Å². The molecule has 0 unspecified atom stereocenters. The Balaban J connectivity index is 2.42. The molecular weight excluding hydrogens is 246 g/mol. The van der Waals surface area contributed by atoms with Crippen LogP contribution in [0.2, 0.25) is 18.1 Å². The molecule has 104 valence electrons. The van der Waals surface area contributed by atoms with E-state index >= 15 is 0 Å². The Morgan fingerprint density at radius 1 is 1.33 bits per heavy atom. The van der Waals surface area contributed by atoms with Gasteiger partial charge >= 0.3 is 6.09 Å². The highest BCUT2D eigenvalue weighted by Crippen LogP contribution is 2.37. The van der Waals surface area contributed by atoms with Gasteiger partial charge in [0, 0.05) is 12.5 Å². The Kier molecular flexibility index (Phi) is 4.61. The summed E-state index contributed by atoms with van der Waals surface area (Å²) in [6.45, 7) is 11.8. The zero-order chi connectivity index (χ0) is 14.0. The number of ether oxygens (including phenoxy) is 1. The molecular formula is C13H25NO3Si. The molecule has 1 N–H and O–H groups in total. The van der Waals surface area contributed by atoms with Gasteiger partial charge in [0.05, 0.1) is 13.2 Å². The first-order valence-corrected chi connectivity index (χ1v) is 9.25. The third kappa shape index (κ3) is 3.59. The molecule has 0 aliphatic heterocycles. The number of nitrogens with one attached hydrogen (secondary N) is 1. The minimum Gasteiger partial charge on any atom is -0.453 e. The van der Waals surface area contributed by atoms with Crippen molar-refractivity contribution in [2.24, 2.45) is 5.92 Å². The summed E-state index contributed by atoms with van der Waals surface area (Å²) in [5.74, 6) is 0.262. The van der Waals surface area contributed by atoms with E-state index in [1.54, 1.807) is 0 Å². The van der Waals surface area contributed by atoms with Crippen molar-refractivity contribution in [1.29, 1.82) is 0 Å². The second kappa shape index (κ2) is 5.44. The predicted octanol–water partition coefficient (Wildman–Crippen LogP) is 2.92. The van der Waals surface area contributed by atoms with Crippen LogP contribution in [0, 0.1) is 5.92 Å². The fraction of sp³-hybridized carbons (Fsp3) is 0.769. The lowest BCUT2D eigenvalue weighted by atomic mass is 9.90. The average Bonchev–Trinajstić information content (AvgIpc) is 2.22. The number of rotatable bonds is 4. The molecule has 0 bridgehead atoms. The van der Waals surface area contributed by atoms with Gasteiger partial charge in [-0.2, -0.15) is 0 Å². The second-order valence-electron chi connectivity index (χ2n) is 6.28. The summed E-state index contributed by atoms with van der Waals surface area (Å²) < 4.78 is 10.7. The Morgan fingerprint density at radius 2 is 1.94 bits per heavy atom. The molecule has 1 aliphatic rings. The Morgan fingerprint density at radius 3 is 2.33 bits per heavy atom. The van der Waals surface area contributed by atoms with E-state index in [1.165, 1.54) is 7.11 Å². The summed E-state index contributed by atoms with van der Waals surface area (Å²) in [5, 5.41) is 2.99. The first kappa shape index (κ1) is 15.2. The third-order valence-electron chi connectivity index (χ3n) is 3.94. The molecule has 1 aliphatic carbocycles. The van der Waals surface area contributed by atoms with Crippen molar-refractivity contribution in [1.82, 2.24) is 5.32 Å². The SMILES string of the molecule is COC(=O)N[C@H]1C=C[C@H]1CO[Si](C)(C)C(C)(C)C. The zero-order valence-corrected chi connectivity index (χ0v) is 13.2. The predicted molar refractivity (Wildman–Crippen MR) is 75.1 cm³/mol. The Hall–Kier alpha value is -0.813. The molecule has 0 aromatic rings. The summed E-state index contributed by atoms with van der Waals surface area (Å²) in [6.07, 6.45) is 3.66. The Bertz CT molecular complexity index is 334. The van der Waals surface area contributed by atoms with Gasteiger partial charge in [-0.1, -0.05) is 32.9 Å². The number of carbonyl (C=O) groups is 1. The molecule has 1 rings (SSSR count). The van der Waals surface area contributed by atoms with E-state index in [0.29, 0.717) is 6.61 Å². The van der Waals surface area contributed by atoms with Crippen molar-refractivity contribution in [2.45, 2.75) is 44.9 Å². The molecule has 0 heterocycles. The van der Waals surface area contributed by atoms with Crippen molar-refractivity contribution in [3.05, 3.63) is 12.2 Å². The fourth-order valence-electron chi connectivity index (χ4n) is 1.41. The van der Waals surface area contributed by atoms with E-state index in [1.807, 2.05) is 6.08 Å². The highest BCUT2D eigenvalue weighted by molar-refractivity contribution is 6.74. The monoisotopic (exact) mass is 271 g/mol. The van der Waals surface area contributed by atoms with Crippen molar-refractivity contribution in [2.75, 3.05) is 13.7 Å². The Labute approximate surface area is 111 Å². The zero-order valence-electron chi connectivity index (χ0n) is 12.2. The van der Waals surface area contributed by atoms with Gasteiger partial charge in [0.25, 0.3) is 0 Å². The number of alkyl carbamates (subject to hydrolysis) is 1. The van der Waals surface area contributed by atoms with Crippen molar-refractivity contribution < 1.29 is 14.0 Å². The summed E-state index contributed by atoms with van der Waals surface area (Å²) in [4.78, 5) is 11.1. The van der Waals surface area contributed by atoms with E-state index in [2.05, 4.69) is 50.0 Å². The summed E-state index contributed by atoms with van der Waals surface area (Å²) in [6, 6.07) is 0.0437. The molecule has 1 amide bonds. The van der Waals surface area contributed by atoms with Crippen molar-refractivity contribution in [3.63, 3.8) is 0 Å². The van der Waals surface area contributed by atoms with Crippen LogP contribution >= 0.6 is 0 Å². The topological polar surface area (TPSA) is 47.6 Å². The van der Waals surface area contributed by atoms with E-state index < -0.39 is 8.32 Å². The van der Waals surface area contributed by atoms with Crippen LogP contribution in [0.4, 0.5) is 4.79 Å². The van der Waals surface area contributed by atoms with Crippen molar-refractivity contribution >= 4 is 14.4 Å². The second-order valence-corrected chi connectivity index (χ2v) is 11.1. The van der Waals surface area contributed by atoms with Gasteiger partial charge in [-0.25, -0.2) is 4.79 Å². The number of carbonyl (C=O) groups excluding carboxylic acids is 1. The fourth-order valence-corrected chi connectivity index (χ4v) is 2.45. The molecule has 0 saturated carbocycles. The molecule has 0 saturated heterocycles. The summed E-state index contributed by atoms with van der Waals surface area (Å²) in [7, 11) is -0.332. The maximum atomic E-state index is 11.1. The van der Waals surface area contributed by atoms with E-state index in [4.69, 9.17) is 4.43 Å². The molecule has 18 heavy (non-hydrogen) atoms. The smallest absolute Gasteiger partial charge is 0.407 e. The van der Waals surface area contributed by atoms with Gasteiger partial charge < -0.3 is 14.5 Å². The normalized spacial score (nSPS) is 23.4. The van der Waals surface area contributed by atoms with Gasteiger partial charge in [-0.3, -0.25) is 0 Å². The lowest BCUT2D eigenvalue weighted by molar-refractivity contribution is 0.159. The summed E-state index contributed by atoms with van der Waals surface area (Å²) in [5.41, 5.74) is 0. The molecule has 4 nitrogen and oxygen atoms in total. The number of hydrogen-bond acceptors (Lipinski definition) is 3. The maximum Gasteiger partial charge on any atom is 0.407 e. The van der Waals surface area contributed by atoms with Gasteiger partial charge in [-0.15, -0.1) is 0 Å². The van der Waals surface area contributed by atoms with Crippen LogP contribution < -0.4 is 5.32 Å². The van der Waals surface area contributed by atoms with Crippen LogP contribution in [-0.2, 0) is 9.16 Å². The molecule has 5 heteroatoms. The van der Waals surface area contributed by atoms with E-state index in [9.17, 15) is 4.79 Å². The lowest BCUT2D eigenvalue weighted by Crippen LogP contribution is -2.48. The van der Waals surface area contributed by atoms with Crippen LogP contribution in [0.3, 0.4) is 0 Å². The minimum absolute atomic E-state index is 0.0437. The lowest BCUT2D eigenvalue weighted by Gasteiger charge is -2.39. The standard InChI is InChI=1S/C13H25NO3Si/c1-13(2,3)18(5,6)17-9-10-7-8-11(10)14-12(15)16-4/h7-8,10-11H,9H2,1-6H3,(H,14,15)/t10-,11-/m0/s1. The van der Waals surface area contributed by atoms with Gasteiger partial charge in [-0.05, 0) is 18.1 Å². The third-order valence-corrected chi connectivity index (χ3v) is 8.44. The summed E-state index contributed by atoms with van der Waals surface area (Å²) >= 11 is 0. The highest BCUT2D eigenvalue weighted by Gasteiger charge is 2.38. The molecule has 0 spiro atoms. The highest BCUT2D eigenvalue weighted by atomic mass is 28.4. The quantitative estimate of drug-likeness (QED) is 0.632. The van der Waals surface area contributed by atoms with E-state index in [0.717, 1.165) is 0 Å². The van der Waals surface area contributed by atoms with Gasteiger partial charge in [0.1, 0.15) is 0 Å². The largest absolute Gasteiger partial charge is 0.453 e. The molecule has 0 aromatic carbocycles. The number of methoxy groups -OCH3 is 1. The molecule has 2 atom stereocenters. The maximum absolute atomic E-state index is 11.1. The van der Waals surface area contributed by atoms with Crippen LogP contribution in [0.5, 0.6) is 0 Å². The molecule has 0 radical (unpaired) electrons. The van der Waals surface area contributed by atoms with E-state index in [-0.39, 0.29) is 23.1 Å². The minimum atomic E-state index is -1.71. The van der Waals surface area contributed by atoms with Crippen LogP contribution in [0.15, 0.2) is 12.2 Å². The van der Waals surface area contributed by atoms with Gasteiger partial charge in [0.15, 0.2) is 8.32 Å². The first-order valence-electron chi connectivity index (χ1n) is 6.34. The van der Waals surface area contributed by atoms with Crippen LogP contribution in [0.1, 0.15) is 20.8 Å². The van der Waals surface area contributed by atoms with Crippen molar-refractivity contribution in [3.8, 4) is 0 Å². The molecule has 0 fully saturated rings. The van der Waals surface area contributed by atoms with Crippen LogP contribution in [-0.4, -0.2) is 34.2 Å². The number of amides is 1. The first-order chi connectivity index (χ1) is 8.17. The molecule has 0 aromatic heterocycles. The average molecular weight is 271 g/mol. The van der Waals surface area contributed by atoms with Crippen LogP contribution in [0.25, 0.3) is 0 Å². The number of hydrogen-bond donors (Lipinski definition) is 1.